The van der Waals surface area contributed by atoms with Crippen LogP contribution in [0, 0.1) is 12.8 Å². The van der Waals surface area contributed by atoms with Crippen molar-refractivity contribution in [3.05, 3.63) is 35.4 Å². The predicted octanol–water partition coefficient (Wildman–Crippen LogP) is 3.19. The number of ketones is 1. The van der Waals surface area contributed by atoms with Gasteiger partial charge < -0.3 is 0 Å². The minimum Gasteiger partial charge on any atom is -0.299 e. The first-order valence-electron chi connectivity index (χ1n) is 6.99. The fraction of sp³-hybridized carbons (Fsp3) is 0.562. The highest BCUT2D eigenvalue weighted by Crippen LogP contribution is 2.21. The molecule has 2 rings (SSSR count). The lowest BCUT2D eigenvalue weighted by molar-refractivity contribution is -0.122. The number of likely N-dealkylation sites (tertiary alicyclic amines) is 1. The zero-order valence-corrected chi connectivity index (χ0v) is 11.5. The van der Waals surface area contributed by atoms with Gasteiger partial charge in [0.1, 0.15) is 5.78 Å². The Morgan fingerprint density at radius 1 is 1.44 bits per heavy atom. The summed E-state index contributed by atoms with van der Waals surface area (Å²) in [6, 6.07) is 8.65. The molecule has 0 spiro atoms. The molecule has 1 atom stereocenters. The fourth-order valence-electron chi connectivity index (χ4n) is 2.76. The number of carbonyl (C=O) groups is 1. The molecule has 1 aliphatic rings. The Morgan fingerprint density at radius 3 is 3.00 bits per heavy atom. The zero-order chi connectivity index (χ0) is 13.0. The van der Waals surface area contributed by atoms with Crippen molar-refractivity contribution in [1.82, 2.24) is 4.90 Å². The van der Waals surface area contributed by atoms with Crippen molar-refractivity contribution in [3.63, 3.8) is 0 Å². The van der Waals surface area contributed by atoms with Crippen molar-refractivity contribution in [2.24, 2.45) is 5.92 Å². The molecule has 0 amide bonds. The van der Waals surface area contributed by atoms with Gasteiger partial charge in [-0.3, -0.25) is 9.69 Å². The average Bonchev–Trinajstić information content (AvgIpc) is 2.78. The van der Waals surface area contributed by atoms with Crippen LogP contribution in [-0.4, -0.2) is 23.8 Å². The van der Waals surface area contributed by atoms with Crippen LogP contribution in [0.3, 0.4) is 0 Å². The topological polar surface area (TPSA) is 20.3 Å². The van der Waals surface area contributed by atoms with Gasteiger partial charge in [-0.2, -0.15) is 0 Å². The van der Waals surface area contributed by atoms with E-state index in [0.717, 1.165) is 38.9 Å². The Kier molecular flexibility index (Phi) is 4.54. The van der Waals surface area contributed by atoms with Gasteiger partial charge in [-0.15, -0.1) is 0 Å². The van der Waals surface area contributed by atoms with E-state index >= 15 is 0 Å². The van der Waals surface area contributed by atoms with E-state index in [9.17, 15) is 4.79 Å². The summed E-state index contributed by atoms with van der Waals surface area (Å²) in [6.07, 6.45) is 2.78. The monoisotopic (exact) mass is 245 g/mol. The maximum absolute atomic E-state index is 11.9. The van der Waals surface area contributed by atoms with E-state index in [1.165, 1.54) is 11.1 Å². The molecule has 0 aliphatic carbocycles. The van der Waals surface area contributed by atoms with Gasteiger partial charge in [0.05, 0.1) is 0 Å². The molecule has 1 fully saturated rings. The van der Waals surface area contributed by atoms with Crippen LogP contribution in [0.5, 0.6) is 0 Å². The number of hydrogen-bond donors (Lipinski definition) is 0. The molecule has 1 unspecified atom stereocenters. The molecule has 0 bridgehead atoms. The highest BCUT2D eigenvalue weighted by molar-refractivity contribution is 5.81. The van der Waals surface area contributed by atoms with Crippen LogP contribution >= 0.6 is 0 Å². The van der Waals surface area contributed by atoms with Gasteiger partial charge in [0.15, 0.2) is 0 Å². The second-order valence-corrected chi connectivity index (χ2v) is 5.43. The van der Waals surface area contributed by atoms with E-state index in [2.05, 4.69) is 43.0 Å². The molecule has 1 aromatic carbocycles. The SMILES string of the molecule is CCCC(=O)C1CCN(Cc2cccc(C)c2)C1. The van der Waals surface area contributed by atoms with Crippen molar-refractivity contribution < 1.29 is 4.79 Å². The summed E-state index contributed by atoms with van der Waals surface area (Å²) in [7, 11) is 0. The number of hydrogen-bond acceptors (Lipinski definition) is 2. The van der Waals surface area contributed by atoms with Crippen molar-refractivity contribution in [1.29, 1.82) is 0 Å². The third-order valence-corrected chi connectivity index (χ3v) is 3.71. The lowest BCUT2D eigenvalue weighted by Gasteiger charge is -2.16. The summed E-state index contributed by atoms with van der Waals surface area (Å²) in [5.41, 5.74) is 2.67. The molecule has 1 aliphatic heterocycles. The minimum absolute atomic E-state index is 0.287. The van der Waals surface area contributed by atoms with Crippen LogP contribution in [0.4, 0.5) is 0 Å². The van der Waals surface area contributed by atoms with Crippen LogP contribution in [0.25, 0.3) is 0 Å². The molecular weight excluding hydrogens is 222 g/mol. The molecule has 1 heterocycles. The Bertz CT molecular complexity index is 413. The van der Waals surface area contributed by atoms with Crippen molar-refractivity contribution in [2.75, 3.05) is 13.1 Å². The maximum Gasteiger partial charge on any atom is 0.137 e. The third kappa shape index (κ3) is 3.42. The Balaban J connectivity index is 1.88. The van der Waals surface area contributed by atoms with E-state index in [0.29, 0.717) is 5.78 Å². The molecule has 2 heteroatoms. The van der Waals surface area contributed by atoms with Gasteiger partial charge in [0.25, 0.3) is 0 Å². The van der Waals surface area contributed by atoms with Crippen LogP contribution < -0.4 is 0 Å². The molecule has 0 N–H and O–H groups in total. The zero-order valence-electron chi connectivity index (χ0n) is 11.5. The largest absolute Gasteiger partial charge is 0.299 e. The van der Waals surface area contributed by atoms with Gasteiger partial charge in [-0.25, -0.2) is 0 Å². The summed E-state index contributed by atoms with van der Waals surface area (Å²) in [4.78, 5) is 14.3. The summed E-state index contributed by atoms with van der Waals surface area (Å²) in [6.45, 7) is 7.21. The van der Waals surface area contributed by atoms with Crippen LogP contribution in [-0.2, 0) is 11.3 Å². The van der Waals surface area contributed by atoms with Crippen molar-refractivity contribution in [2.45, 2.75) is 39.7 Å². The molecule has 0 radical (unpaired) electrons. The standard InChI is InChI=1S/C16H23NO/c1-3-5-16(18)15-8-9-17(12-15)11-14-7-4-6-13(2)10-14/h4,6-7,10,15H,3,5,8-9,11-12H2,1-2H3. The smallest absolute Gasteiger partial charge is 0.137 e. The normalized spacial score (nSPS) is 20.2. The highest BCUT2D eigenvalue weighted by Gasteiger charge is 2.27. The summed E-state index contributed by atoms with van der Waals surface area (Å²) in [5.74, 6) is 0.749. The quantitative estimate of drug-likeness (QED) is 0.794. The number of rotatable bonds is 5. The molecule has 0 saturated carbocycles. The van der Waals surface area contributed by atoms with Gasteiger partial charge in [0.2, 0.25) is 0 Å². The lowest BCUT2D eigenvalue weighted by atomic mass is 10.00. The molecular formula is C16H23NO. The van der Waals surface area contributed by atoms with E-state index in [-0.39, 0.29) is 5.92 Å². The predicted molar refractivity (Wildman–Crippen MR) is 74.5 cm³/mol. The number of nitrogens with zero attached hydrogens (tertiary/aromatic N) is 1. The first-order chi connectivity index (χ1) is 8.69. The maximum atomic E-state index is 11.9. The molecule has 98 valence electrons. The van der Waals surface area contributed by atoms with Crippen LogP contribution in [0.15, 0.2) is 24.3 Å². The average molecular weight is 245 g/mol. The van der Waals surface area contributed by atoms with Crippen LogP contribution in [0.1, 0.15) is 37.3 Å². The Morgan fingerprint density at radius 2 is 2.28 bits per heavy atom. The van der Waals surface area contributed by atoms with Gasteiger partial charge in [-0.05, 0) is 31.9 Å². The van der Waals surface area contributed by atoms with Gasteiger partial charge >= 0.3 is 0 Å². The Hall–Kier alpha value is -1.15. The second kappa shape index (κ2) is 6.14. The highest BCUT2D eigenvalue weighted by atomic mass is 16.1. The number of carbonyl (C=O) groups excluding carboxylic acids is 1. The molecule has 18 heavy (non-hydrogen) atoms. The van der Waals surface area contributed by atoms with E-state index < -0.39 is 0 Å². The summed E-state index contributed by atoms with van der Waals surface area (Å²) < 4.78 is 0. The Labute approximate surface area is 110 Å². The number of aryl methyl sites for hydroxylation is 1. The molecule has 1 aromatic rings. The van der Waals surface area contributed by atoms with Gasteiger partial charge in [0, 0.05) is 25.4 Å². The first-order valence-corrected chi connectivity index (χ1v) is 6.99. The number of Topliss-reactive ketones (excluding diaryl/α,β-unsaturated/α-hetero) is 1. The fourth-order valence-corrected chi connectivity index (χ4v) is 2.76. The molecule has 0 aromatic heterocycles. The second-order valence-electron chi connectivity index (χ2n) is 5.43. The number of benzene rings is 1. The van der Waals surface area contributed by atoms with Gasteiger partial charge in [-0.1, -0.05) is 36.8 Å². The van der Waals surface area contributed by atoms with E-state index in [1.807, 2.05) is 0 Å². The summed E-state index contributed by atoms with van der Waals surface area (Å²) >= 11 is 0. The lowest BCUT2D eigenvalue weighted by Crippen LogP contribution is -2.23. The van der Waals surface area contributed by atoms with E-state index in [4.69, 9.17) is 0 Å². The van der Waals surface area contributed by atoms with Crippen molar-refractivity contribution in [3.8, 4) is 0 Å². The van der Waals surface area contributed by atoms with Crippen LogP contribution in [0.2, 0.25) is 0 Å². The first kappa shape index (κ1) is 13.3. The minimum atomic E-state index is 0.287. The molecule has 1 saturated heterocycles. The van der Waals surface area contributed by atoms with E-state index in [1.54, 1.807) is 0 Å². The van der Waals surface area contributed by atoms with Crippen molar-refractivity contribution >= 4 is 5.78 Å². The summed E-state index contributed by atoms with van der Waals surface area (Å²) in [5, 5.41) is 0. The molecule has 2 nitrogen and oxygen atoms in total. The third-order valence-electron chi connectivity index (χ3n) is 3.71.